The number of hydrogen-bond donors (Lipinski definition) is 4. The molecule has 0 aliphatic carbocycles. The highest BCUT2D eigenvalue weighted by Gasteiger charge is 2.08. The van der Waals surface area contributed by atoms with Gasteiger partial charge in [0, 0.05) is 25.7 Å². The Morgan fingerprint density at radius 2 is 2.00 bits per heavy atom. The number of primary amides is 1. The third-order valence-corrected chi connectivity index (χ3v) is 2.22. The topological polar surface area (TPSA) is 109 Å². The third-order valence-electron chi connectivity index (χ3n) is 2.02. The van der Waals surface area contributed by atoms with Gasteiger partial charge in [0.05, 0.1) is 0 Å². The smallest absolute Gasteiger partial charge is 0.312 e. The van der Waals surface area contributed by atoms with E-state index in [1.807, 2.05) is 0 Å². The average molecular weight is 272 g/mol. The van der Waals surface area contributed by atoms with Crippen molar-refractivity contribution < 1.29 is 9.59 Å². The maximum atomic E-state index is 11.7. The molecule has 0 atom stereocenters. The van der Waals surface area contributed by atoms with Gasteiger partial charge in [-0.15, -0.1) is 0 Å². The van der Waals surface area contributed by atoms with Crippen molar-refractivity contribution in [3.8, 4) is 0 Å². The summed E-state index contributed by atoms with van der Waals surface area (Å²) >= 11 is 5.77. The molecule has 0 saturated heterocycles. The number of carbonyl (C=O) groups excluding carboxylic acids is 2. The number of hydrogen-bond acceptors (Lipinski definition) is 4. The summed E-state index contributed by atoms with van der Waals surface area (Å²) in [6, 6.07) is 2.40. The first-order valence-electron chi connectivity index (χ1n) is 5.19. The van der Waals surface area contributed by atoms with Crippen molar-refractivity contribution in [1.29, 1.82) is 0 Å². The predicted octanol–water partition coefficient (Wildman–Crippen LogP) is 0.175. The highest BCUT2D eigenvalue weighted by atomic mass is 35.5. The largest absolute Gasteiger partial charge is 0.373 e. The monoisotopic (exact) mass is 271 g/mol. The number of pyridine rings is 1. The molecule has 0 aromatic carbocycles. The number of nitrogens with two attached hydrogens (primary N) is 1. The van der Waals surface area contributed by atoms with Crippen LogP contribution in [0.3, 0.4) is 0 Å². The predicted molar refractivity (Wildman–Crippen MR) is 68.7 cm³/mol. The van der Waals surface area contributed by atoms with E-state index >= 15 is 0 Å². The van der Waals surface area contributed by atoms with E-state index in [1.165, 1.54) is 6.07 Å². The second-order valence-electron chi connectivity index (χ2n) is 3.36. The van der Waals surface area contributed by atoms with Crippen molar-refractivity contribution in [2.75, 3.05) is 25.5 Å². The quantitative estimate of drug-likeness (QED) is 0.452. The molecule has 98 valence electrons. The Morgan fingerprint density at radius 3 is 2.61 bits per heavy atom. The van der Waals surface area contributed by atoms with Crippen molar-refractivity contribution in [3.63, 3.8) is 0 Å². The van der Waals surface area contributed by atoms with Crippen LogP contribution >= 0.6 is 11.6 Å². The van der Waals surface area contributed by atoms with Gasteiger partial charge in [-0.3, -0.25) is 4.79 Å². The number of rotatable bonds is 5. The number of urea groups is 1. The normalized spacial score (nSPS) is 9.67. The molecular formula is C10H14ClN5O2. The number of halogens is 1. The summed E-state index contributed by atoms with van der Waals surface area (Å²) in [6.07, 6.45) is 0. The van der Waals surface area contributed by atoms with Gasteiger partial charge in [-0.05, 0) is 12.1 Å². The van der Waals surface area contributed by atoms with E-state index in [9.17, 15) is 9.59 Å². The minimum absolute atomic E-state index is 0.224. The number of nitrogens with zero attached hydrogens (tertiary/aromatic N) is 1. The summed E-state index contributed by atoms with van der Waals surface area (Å²) < 4.78 is 0. The summed E-state index contributed by atoms with van der Waals surface area (Å²) in [5, 5.41) is 7.99. The molecule has 18 heavy (non-hydrogen) atoms. The lowest BCUT2D eigenvalue weighted by Gasteiger charge is -2.07. The highest BCUT2D eigenvalue weighted by molar-refractivity contribution is 6.29. The van der Waals surface area contributed by atoms with E-state index in [0.717, 1.165) is 0 Å². The fourth-order valence-corrected chi connectivity index (χ4v) is 1.43. The molecule has 7 nitrogen and oxygen atoms in total. The van der Waals surface area contributed by atoms with Gasteiger partial charge >= 0.3 is 6.03 Å². The zero-order chi connectivity index (χ0) is 13.5. The van der Waals surface area contributed by atoms with Crippen molar-refractivity contribution in [2.45, 2.75) is 0 Å². The van der Waals surface area contributed by atoms with E-state index in [1.54, 1.807) is 13.1 Å². The average Bonchev–Trinajstić information content (AvgIpc) is 2.33. The molecule has 1 aromatic rings. The molecule has 0 spiro atoms. The standard InChI is InChI=1S/C10H14ClN5O2/c1-13-8-5-6(4-7(11)16-8)9(17)14-2-3-15-10(12)18/h4-5H,2-3H2,1H3,(H,13,16)(H,14,17)(H3,12,15,18). The van der Waals surface area contributed by atoms with Crippen molar-refractivity contribution in [3.05, 3.63) is 22.8 Å². The lowest BCUT2D eigenvalue weighted by atomic mass is 10.2. The number of amides is 3. The van der Waals surface area contributed by atoms with E-state index in [-0.39, 0.29) is 24.1 Å². The number of carbonyl (C=O) groups is 2. The maximum absolute atomic E-state index is 11.7. The van der Waals surface area contributed by atoms with Crippen LogP contribution in [-0.2, 0) is 0 Å². The Hall–Kier alpha value is -2.02. The number of nitrogens with one attached hydrogen (secondary N) is 3. The molecule has 0 bridgehead atoms. The molecule has 0 saturated carbocycles. The first kappa shape index (κ1) is 14.0. The molecular weight excluding hydrogens is 258 g/mol. The van der Waals surface area contributed by atoms with Crippen molar-refractivity contribution in [2.24, 2.45) is 5.73 Å². The first-order chi connectivity index (χ1) is 8.52. The Bertz CT molecular complexity index is 452. The highest BCUT2D eigenvalue weighted by Crippen LogP contribution is 2.13. The Labute approximate surface area is 109 Å². The van der Waals surface area contributed by atoms with Crippen molar-refractivity contribution >= 4 is 29.4 Å². The van der Waals surface area contributed by atoms with Crippen LogP contribution in [0.4, 0.5) is 10.6 Å². The van der Waals surface area contributed by atoms with Crippen LogP contribution in [0.25, 0.3) is 0 Å². The van der Waals surface area contributed by atoms with Gasteiger partial charge in [0.2, 0.25) is 0 Å². The zero-order valence-corrected chi connectivity index (χ0v) is 10.5. The summed E-state index contributed by atoms with van der Waals surface area (Å²) in [6.45, 7) is 0.537. The third kappa shape index (κ3) is 4.46. The molecule has 0 aliphatic rings. The SMILES string of the molecule is CNc1cc(C(=O)NCCNC(N)=O)cc(Cl)n1. The van der Waals surface area contributed by atoms with Gasteiger partial charge in [0.25, 0.3) is 5.91 Å². The van der Waals surface area contributed by atoms with Crippen LogP contribution in [-0.4, -0.2) is 37.1 Å². The maximum Gasteiger partial charge on any atom is 0.312 e. The molecule has 0 aliphatic heterocycles. The van der Waals surface area contributed by atoms with E-state index in [4.69, 9.17) is 17.3 Å². The molecule has 5 N–H and O–H groups in total. The molecule has 1 heterocycles. The minimum atomic E-state index is -0.631. The number of anilines is 1. The fourth-order valence-electron chi connectivity index (χ4n) is 1.22. The fraction of sp³-hybridized carbons (Fsp3) is 0.300. The van der Waals surface area contributed by atoms with Gasteiger partial charge in [-0.2, -0.15) is 0 Å². The van der Waals surface area contributed by atoms with Crippen LogP contribution in [0.1, 0.15) is 10.4 Å². The van der Waals surface area contributed by atoms with Gasteiger partial charge in [-0.1, -0.05) is 11.6 Å². The zero-order valence-electron chi connectivity index (χ0n) is 9.79. The van der Waals surface area contributed by atoms with Crippen molar-refractivity contribution in [1.82, 2.24) is 15.6 Å². The molecule has 1 rings (SSSR count). The molecule has 0 fully saturated rings. The van der Waals surface area contributed by atoms with Gasteiger partial charge in [0.1, 0.15) is 11.0 Å². The molecule has 8 heteroatoms. The molecule has 1 aromatic heterocycles. The van der Waals surface area contributed by atoms with E-state index in [2.05, 4.69) is 20.9 Å². The van der Waals surface area contributed by atoms with Crippen LogP contribution in [0, 0.1) is 0 Å². The molecule has 3 amide bonds. The van der Waals surface area contributed by atoms with E-state index < -0.39 is 6.03 Å². The second-order valence-corrected chi connectivity index (χ2v) is 3.75. The first-order valence-corrected chi connectivity index (χ1v) is 5.57. The van der Waals surface area contributed by atoms with Gasteiger partial charge in [-0.25, -0.2) is 9.78 Å². The summed E-state index contributed by atoms with van der Waals surface area (Å²) in [5.74, 6) is 0.199. The second kappa shape index (κ2) is 6.65. The van der Waals surface area contributed by atoms with Crippen LogP contribution in [0.15, 0.2) is 12.1 Å². The van der Waals surface area contributed by atoms with Crippen LogP contribution < -0.4 is 21.7 Å². The summed E-state index contributed by atoms with van der Waals surface area (Å²) in [4.78, 5) is 26.1. The minimum Gasteiger partial charge on any atom is -0.373 e. The van der Waals surface area contributed by atoms with Gasteiger partial charge in [0.15, 0.2) is 0 Å². The van der Waals surface area contributed by atoms with Crippen LogP contribution in [0.2, 0.25) is 5.15 Å². The summed E-state index contributed by atoms with van der Waals surface area (Å²) in [7, 11) is 1.68. The molecule has 0 unspecified atom stereocenters. The van der Waals surface area contributed by atoms with Gasteiger partial charge < -0.3 is 21.7 Å². The lowest BCUT2D eigenvalue weighted by Crippen LogP contribution is -2.37. The summed E-state index contributed by atoms with van der Waals surface area (Å²) in [5.41, 5.74) is 5.27. The van der Waals surface area contributed by atoms with E-state index in [0.29, 0.717) is 11.4 Å². The Kier molecular flexibility index (Phi) is 5.19. The molecule has 0 radical (unpaired) electrons. The van der Waals surface area contributed by atoms with Crippen LogP contribution in [0.5, 0.6) is 0 Å². The Morgan fingerprint density at radius 1 is 1.33 bits per heavy atom. The lowest BCUT2D eigenvalue weighted by molar-refractivity contribution is 0.0954. The Balaban J connectivity index is 2.55. The number of aromatic nitrogens is 1.